The third-order valence-corrected chi connectivity index (χ3v) is 2.83. The van der Waals surface area contributed by atoms with Crippen LogP contribution in [0.5, 0.6) is 0 Å². The SMILES string of the molecule is OCC(O)CNc1ccc(-c2ccnc(=S)[nH]2)cc1. The van der Waals surface area contributed by atoms with E-state index in [0.29, 0.717) is 11.3 Å². The molecular formula is C13H15N3O2S. The van der Waals surface area contributed by atoms with E-state index >= 15 is 0 Å². The van der Waals surface area contributed by atoms with Gasteiger partial charge in [0, 0.05) is 24.1 Å². The van der Waals surface area contributed by atoms with Gasteiger partial charge in [0.1, 0.15) is 0 Å². The van der Waals surface area contributed by atoms with Gasteiger partial charge in [0.2, 0.25) is 0 Å². The van der Waals surface area contributed by atoms with Crippen LogP contribution in [0, 0.1) is 4.77 Å². The van der Waals surface area contributed by atoms with Gasteiger partial charge in [-0.15, -0.1) is 0 Å². The number of nitrogens with zero attached hydrogens (tertiary/aromatic N) is 1. The number of aliphatic hydroxyl groups excluding tert-OH is 2. The predicted molar refractivity (Wildman–Crippen MR) is 76.4 cm³/mol. The molecule has 0 amide bonds. The minimum absolute atomic E-state index is 0.251. The first-order chi connectivity index (χ1) is 9.19. The van der Waals surface area contributed by atoms with Crippen molar-refractivity contribution in [1.82, 2.24) is 9.97 Å². The molecule has 0 spiro atoms. The summed E-state index contributed by atoms with van der Waals surface area (Å²) in [7, 11) is 0. The highest BCUT2D eigenvalue weighted by atomic mass is 32.1. The van der Waals surface area contributed by atoms with Gasteiger partial charge < -0.3 is 20.5 Å². The Labute approximate surface area is 116 Å². The molecule has 1 aromatic heterocycles. The zero-order chi connectivity index (χ0) is 13.7. The van der Waals surface area contributed by atoms with E-state index in [1.54, 1.807) is 6.20 Å². The molecule has 0 aliphatic carbocycles. The summed E-state index contributed by atoms with van der Waals surface area (Å²) in [6.07, 6.45) is 0.911. The highest BCUT2D eigenvalue weighted by molar-refractivity contribution is 7.71. The largest absolute Gasteiger partial charge is 0.394 e. The standard InChI is InChI=1S/C13H15N3O2S/c17-8-11(18)7-15-10-3-1-9(2-4-10)12-5-6-14-13(19)16-12/h1-6,11,15,17-18H,7-8H2,(H,14,16,19). The molecular weight excluding hydrogens is 262 g/mol. The van der Waals surface area contributed by atoms with Crippen LogP contribution in [-0.4, -0.2) is 39.4 Å². The van der Waals surface area contributed by atoms with Gasteiger partial charge in [-0.3, -0.25) is 0 Å². The van der Waals surface area contributed by atoms with Crippen molar-refractivity contribution in [2.75, 3.05) is 18.5 Å². The van der Waals surface area contributed by atoms with E-state index in [9.17, 15) is 5.11 Å². The molecule has 2 rings (SSSR count). The molecule has 1 heterocycles. The van der Waals surface area contributed by atoms with Crippen LogP contribution < -0.4 is 5.32 Å². The number of aromatic nitrogens is 2. The van der Waals surface area contributed by atoms with E-state index in [4.69, 9.17) is 17.3 Å². The van der Waals surface area contributed by atoms with Crippen molar-refractivity contribution in [1.29, 1.82) is 0 Å². The zero-order valence-electron chi connectivity index (χ0n) is 10.2. The molecule has 100 valence electrons. The highest BCUT2D eigenvalue weighted by Crippen LogP contribution is 2.18. The number of H-pyrrole nitrogens is 1. The minimum atomic E-state index is -0.754. The van der Waals surface area contributed by atoms with Gasteiger partial charge in [0.25, 0.3) is 0 Å². The van der Waals surface area contributed by atoms with Crippen LogP contribution in [0.1, 0.15) is 0 Å². The fourth-order valence-corrected chi connectivity index (χ4v) is 1.78. The van der Waals surface area contributed by atoms with E-state index in [1.165, 1.54) is 0 Å². The maximum Gasteiger partial charge on any atom is 0.197 e. The quantitative estimate of drug-likeness (QED) is 0.624. The number of rotatable bonds is 5. The van der Waals surface area contributed by atoms with Crippen molar-refractivity contribution in [3.8, 4) is 11.3 Å². The lowest BCUT2D eigenvalue weighted by Gasteiger charge is -2.10. The van der Waals surface area contributed by atoms with Crippen LogP contribution in [0.3, 0.4) is 0 Å². The summed E-state index contributed by atoms with van der Waals surface area (Å²) in [5.41, 5.74) is 2.78. The predicted octanol–water partition coefficient (Wildman–Crippen LogP) is 1.57. The molecule has 1 unspecified atom stereocenters. The Kier molecular flexibility index (Phi) is 4.62. The normalized spacial score (nSPS) is 12.1. The summed E-state index contributed by atoms with van der Waals surface area (Å²) < 4.78 is 0.450. The maximum absolute atomic E-state index is 9.25. The van der Waals surface area contributed by atoms with Crippen molar-refractivity contribution >= 4 is 17.9 Å². The van der Waals surface area contributed by atoms with E-state index in [2.05, 4.69) is 15.3 Å². The zero-order valence-corrected chi connectivity index (χ0v) is 11.0. The molecule has 0 saturated carbocycles. The Morgan fingerprint density at radius 2 is 2.00 bits per heavy atom. The van der Waals surface area contributed by atoms with Crippen LogP contribution in [0.15, 0.2) is 36.5 Å². The van der Waals surface area contributed by atoms with Crippen LogP contribution in [0.2, 0.25) is 0 Å². The molecule has 0 bridgehead atoms. The molecule has 0 radical (unpaired) electrons. The number of hydrogen-bond donors (Lipinski definition) is 4. The summed E-state index contributed by atoms with van der Waals surface area (Å²) in [4.78, 5) is 6.95. The topological polar surface area (TPSA) is 81.2 Å². The molecule has 2 aromatic rings. The Morgan fingerprint density at radius 1 is 1.26 bits per heavy atom. The summed E-state index contributed by atoms with van der Waals surface area (Å²) in [6.45, 7) is 0.0617. The minimum Gasteiger partial charge on any atom is -0.394 e. The fraction of sp³-hybridized carbons (Fsp3) is 0.231. The number of benzene rings is 1. The van der Waals surface area contributed by atoms with Crippen LogP contribution in [0.4, 0.5) is 5.69 Å². The Balaban J connectivity index is 2.08. The lowest BCUT2D eigenvalue weighted by Crippen LogP contribution is -2.22. The number of aliphatic hydroxyl groups is 2. The monoisotopic (exact) mass is 277 g/mol. The fourth-order valence-electron chi connectivity index (χ4n) is 1.60. The van der Waals surface area contributed by atoms with Gasteiger partial charge in [-0.1, -0.05) is 12.1 Å². The first-order valence-electron chi connectivity index (χ1n) is 5.87. The van der Waals surface area contributed by atoms with E-state index in [0.717, 1.165) is 16.9 Å². The van der Waals surface area contributed by atoms with Gasteiger partial charge in [-0.25, -0.2) is 4.98 Å². The average molecular weight is 277 g/mol. The summed E-state index contributed by atoms with van der Waals surface area (Å²) in [5.74, 6) is 0. The number of nitrogens with one attached hydrogen (secondary N) is 2. The average Bonchev–Trinajstić information content (AvgIpc) is 2.45. The molecule has 1 aromatic carbocycles. The van der Waals surface area contributed by atoms with Crippen molar-refractivity contribution in [2.45, 2.75) is 6.10 Å². The number of anilines is 1. The Morgan fingerprint density at radius 3 is 2.63 bits per heavy atom. The Bertz CT molecular complexity index is 583. The molecule has 4 N–H and O–H groups in total. The molecule has 0 aliphatic rings. The summed E-state index contributed by atoms with van der Waals surface area (Å²) in [5, 5.41) is 21.0. The van der Waals surface area contributed by atoms with Crippen molar-refractivity contribution < 1.29 is 10.2 Å². The molecule has 0 aliphatic heterocycles. The van der Waals surface area contributed by atoms with Crippen molar-refractivity contribution in [3.05, 3.63) is 41.3 Å². The van der Waals surface area contributed by atoms with E-state index in [1.807, 2.05) is 30.3 Å². The number of aromatic amines is 1. The second kappa shape index (κ2) is 6.42. The van der Waals surface area contributed by atoms with Gasteiger partial charge in [-0.05, 0) is 36.0 Å². The smallest absolute Gasteiger partial charge is 0.197 e. The molecule has 6 heteroatoms. The van der Waals surface area contributed by atoms with Gasteiger partial charge in [-0.2, -0.15) is 0 Å². The first kappa shape index (κ1) is 13.7. The van der Waals surface area contributed by atoms with Crippen molar-refractivity contribution in [3.63, 3.8) is 0 Å². The first-order valence-corrected chi connectivity index (χ1v) is 6.28. The van der Waals surface area contributed by atoms with E-state index < -0.39 is 6.10 Å². The lowest BCUT2D eigenvalue weighted by atomic mass is 10.1. The number of hydrogen-bond acceptors (Lipinski definition) is 5. The van der Waals surface area contributed by atoms with E-state index in [-0.39, 0.29) is 6.61 Å². The molecule has 1 atom stereocenters. The van der Waals surface area contributed by atoms with Gasteiger partial charge in [0.15, 0.2) is 4.77 Å². The highest BCUT2D eigenvalue weighted by Gasteiger charge is 2.02. The van der Waals surface area contributed by atoms with Gasteiger partial charge in [0.05, 0.1) is 12.7 Å². The van der Waals surface area contributed by atoms with Crippen molar-refractivity contribution in [2.24, 2.45) is 0 Å². The van der Waals surface area contributed by atoms with Crippen LogP contribution in [0.25, 0.3) is 11.3 Å². The van der Waals surface area contributed by atoms with Gasteiger partial charge >= 0.3 is 0 Å². The maximum atomic E-state index is 9.25. The molecule has 19 heavy (non-hydrogen) atoms. The molecule has 0 saturated heterocycles. The second-order valence-electron chi connectivity index (χ2n) is 4.08. The molecule has 5 nitrogen and oxygen atoms in total. The molecule has 0 fully saturated rings. The summed E-state index contributed by atoms with van der Waals surface area (Å²) in [6, 6.07) is 9.53. The van der Waals surface area contributed by atoms with Crippen LogP contribution >= 0.6 is 12.2 Å². The summed E-state index contributed by atoms with van der Waals surface area (Å²) >= 11 is 4.98. The van der Waals surface area contributed by atoms with Crippen LogP contribution in [-0.2, 0) is 0 Å². The third-order valence-electron chi connectivity index (χ3n) is 2.62. The third kappa shape index (κ3) is 3.85. The Hall–Kier alpha value is -1.76. The lowest BCUT2D eigenvalue weighted by molar-refractivity contribution is 0.105. The second-order valence-corrected chi connectivity index (χ2v) is 4.47.